The molecule has 0 N–H and O–H groups in total. The third-order valence-electron chi connectivity index (χ3n) is 3.96. The molecule has 2 heterocycles. The second kappa shape index (κ2) is 5.34. The standard InChI is InChI=1S/C15H18ClFN2O/c1-9(16)15-18-14-11(17)5-3-6-12(14)19(15)10(2)13-7-4-8-20-13/h3,5-6,9-10,13H,4,7-8H2,1-2H3. The number of alkyl halides is 1. The average molecular weight is 297 g/mol. The number of fused-ring (bicyclic) bond motifs is 1. The molecule has 3 nitrogen and oxygen atoms in total. The molecule has 0 amide bonds. The van der Waals surface area contributed by atoms with Crippen molar-refractivity contribution in [3.05, 3.63) is 29.8 Å². The van der Waals surface area contributed by atoms with Crippen LogP contribution in [0, 0.1) is 5.82 Å². The van der Waals surface area contributed by atoms with Gasteiger partial charge in [-0.05, 0) is 38.8 Å². The van der Waals surface area contributed by atoms with Crippen LogP contribution in [0.15, 0.2) is 18.2 Å². The molecule has 3 unspecified atom stereocenters. The molecule has 0 aliphatic carbocycles. The fraction of sp³-hybridized carbons (Fsp3) is 0.533. The van der Waals surface area contributed by atoms with Gasteiger partial charge in [-0.1, -0.05) is 6.07 Å². The zero-order valence-corrected chi connectivity index (χ0v) is 12.4. The van der Waals surface area contributed by atoms with Gasteiger partial charge in [-0.2, -0.15) is 0 Å². The molecular formula is C15H18ClFN2O. The summed E-state index contributed by atoms with van der Waals surface area (Å²) in [5.41, 5.74) is 1.18. The minimum Gasteiger partial charge on any atom is -0.376 e. The molecule has 0 bridgehead atoms. The predicted octanol–water partition coefficient (Wildman–Crippen LogP) is 4.22. The number of benzene rings is 1. The fourth-order valence-corrected chi connectivity index (χ4v) is 3.11. The number of rotatable bonds is 3. The monoisotopic (exact) mass is 296 g/mol. The number of aromatic nitrogens is 2. The third kappa shape index (κ3) is 2.21. The lowest BCUT2D eigenvalue weighted by Crippen LogP contribution is -2.22. The van der Waals surface area contributed by atoms with Gasteiger partial charge in [-0.3, -0.25) is 0 Å². The maximum atomic E-state index is 13.9. The molecule has 5 heteroatoms. The lowest BCUT2D eigenvalue weighted by atomic mass is 10.1. The molecule has 0 spiro atoms. The zero-order chi connectivity index (χ0) is 14.3. The molecule has 0 saturated carbocycles. The van der Waals surface area contributed by atoms with Crippen LogP contribution < -0.4 is 0 Å². The topological polar surface area (TPSA) is 27.1 Å². The molecule has 2 aromatic rings. The predicted molar refractivity (Wildman–Crippen MR) is 77.6 cm³/mol. The Morgan fingerprint density at radius 2 is 2.25 bits per heavy atom. The van der Waals surface area contributed by atoms with E-state index in [1.165, 1.54) is 6.07 Å². The van der Waals surface area contributed by atoms with Gasteiger partial charge in [0.1, 0.15) is 11.3 Å². The molecule has 1 aliphatic rings. The van der Waals surface area contributed by atoms with Crippen LogP contribution in [0.5, 0.6) is 0 Å². The van der Waals surface area contributed by atoms with Gasteiger partial charge < -0.3 is 9.30 Å². The molecule has 3 atom stereocenters. The van der Waals surface area contributed by atoms with Crippen molar-refractivity contribution in [2.24, 2.45) is 0 Å². The highest BCUT2D eigenvalue weighted by molar-refractivity contribution is 6.20. The molecule has 1 fully saturated rings. The van der Waals surface area contributed by atoms with E-state index in [1.807, 2.05) is 17.6 Å². The Kier molecular flexibility index (Phi) is 3.69. The van der Waals surface area contributed by atoms with Gasteiger partial charge in [0.2, 0.25) is 0 Å². The van der Waals surface area contributed by atoms with Crippen LogP contribution in [0.3, 0.4) is 0 Å². The highest BCUT2D eigenvalue weighted by atomic mass is 35.5. The number of hydrogen-bond donors (Lipinski definition) is 0. The van der Waals surface area contributed by atoms with Crippen molar-refractivity contribution in [2.45, 2.75) is 44.2 Å². The van der Waals surface area contributed by atoms with E-state index >= 15 is 0 Å². The maximum Gasteiger partial charge on any atom is 0.151 e. The Morgan fingerprint density at radius 3 is 2.90 bits per heavy atom. The smallest absolute Gasteiger partial charge is 0.151 e. The van der Waals surface area contributed by atoms with Crippen molar-refractivity contribution in [1.29, 1.82) is 0 Å². The summed E-state index contributed by atoms with van der Waals surface area (Å²) in [6, 6.07) is 5.12. The Morgan fingerprint density at radius 1 is 1.45 bits per heavy atom. The second-order valence-electron chi connectivity index (χ2n) is 5.36. The number of halogens is 2. The number of para-hydroxylation sites is 1. The van der Waals surface area contributed by atoms with Gasteiger partial charge in [0.15, 0.2) is 5.82 Å². The van der Waals surface area contributed by atoms with E-state index in [1.54, 1.807) is 6.07 Å². The van der Waals surface area contributed by atoms with E-state index in [2.05, 4.69) is 11.9 Å². The SMILES string of the molecule is CC(Cl)c1nc2c(F)cccc2n1C(C)C1CCCO1. The summed E-state index contributed by atoms with van der Waals surface area (Å²) in [4.78, 5) is 4.40. The minimum atomic E-state index is -0.306. The number of nitrogens with zero attached hydrogens (tertiary/aromatic N) is 2. The second-order valence-corrected chi connectivity index (χ2v) is 6.01. The van der Waals surface area contributed by atoms with Crippen molar-refractivity contribution < 1.29 is 9.13 Å². The van der Waals surface area contributed by atoms with E-state index in [0.29, 0.717) is 11.3 Å². The summed E-state index contributed by atoms with van der Waals surface area (Å²) in [6.45, 7) is 4.74. The van der Waals surface area contributed by atoms with Crippen molar-refractivity contribution >= 4 is 22.6 Å². The molecule has 108 valence electrons. The summed E-state index contributed by atoms with van der Waals surface area (Å²) in [5, 5.41) is -0.273. The Hall–Kier alpha value is -1.13. The van der Waals surface area contributed by atoms with Crippen molar-refractivity contribution in [1.82, 2.24) is 9.55 Å². The van der Waals surface area contributed by atoms with Gasteiger partial charge in [0.05, 0.1) is 23.0 Å². The highest BCUT2D eigenvalue weighted by Crippen LogP contribution is 2.33. The van der Waals surface area contributed by atoms with E-state index in [-0.39, 0.29) is 23.3 Å². The van der Waals surface area contributed by atoms with E-state index < -0.39 is 0 Å². The van der Waals surface area contributed by atoms with Crippen LogP contribution in [0.25, 0.3) is 11.0 Å². The van der Waals surface area contributed by atoms with E-state index in [4.69, 9.17) is 16.3 Å². The van der Waals surface area contributed by atoms with Crippen molar-refractivity contribution in [2.75, 3.05) is 6.61 Å². The minimum absolute atomic E-state index is 0.0977. The van der Waals surface area contributed by atoms with Gasteiger partial charge in [-0.25, -0.2) is 9.37 Å². The number of hydrogen-bond acceptors (Lipinski definition) is 2. The Bertz CT molecular complexity index is 620. The van der Waals surface area contributed by atoms with Gasteiger partial charge >= 0.3 is 0 Å². The molecule has 20 heavy (non-hydrogen) atoms. The number of ether oxygens (including phenoxy) is 1. The quantitative estimate of drug-likeness (QED) is 0.793. The summed E-state index contributed by atoms with van der Waals surface area (Å²) in [5.74, 6) is 0.397. The van der Waals surface area contributed by atoms with Crippen LogP contribution in [-0.4, -0.2) is 22.3 Å². The largest absolute Gasteiger partial charge is 0.376 e. The summed E-state index contributed by atoms with van der Waals surface area (Å²) < 4.78 is 21.7. The Balaban J connectivity index is 2.15. The first-order valence-electron chi connectivity index (χ1n) is 7.01. The van der Waals surface area contributed by atoms with Crippen LogP contribution >= 0.6 is 11.6 Å². The molecule has 0 radical (unpaired) electrons. The molecule has 1 aromatic carbocycles. The first-order valence-corrected chi connectivity index (χ1v) is 7.45. The van der Waals surface area contributed by atoms with Gasteiger partial charge in [-0.15, -0.1) is 11.6 Å². The molecule has 1 saturated heterocycles. The molecule has 3 rings (SSSR count). The summed E-state index contributed by atoms with van der Waals surface area (Å²) >= 11 is 6.24. The van der Waals surface area contributed by atoms with Crippen LogP contribution in [-0.2, 0) is 4.74 Å². The van der Waals surface area contributed by atoms with Gasteiger partial charge in [0, 0.05) is 6.61 Å². The third-order valence-corrected chi connectivity index (χ3v) is 4.16. The fourth-order valence-electron chi connectivity index (χ4n) is 2.96. The first kappa shape index (κ1) is 13.8. The zero-order valence-electron chi connectivity index (χ0n) is 11.6. The van der Waals surface area contributed by atoms with E-state index in [0.717, 1.165) is 25.0 Å². The average Bonchev–Trinajstić information content (AvgIpc) is 3.06. The van der Waals surface area contributed by atoms with E-state index in [9.17, 15) is 4.39 Å². The van der Waals surface area contributed by atoms with Crippen LogP contribution in [0.4, 0.5) is 4.39 Å². The number of imidazole rings is 1. The highest BCUT2D eigenvalue weighted by Gasteiger charge is 2.28. The summed E-state index contributed by atoms with van der Waals surface area (Å²) in [6.07, 6.45) is 2.23. The first-order chi connectivity index (χ1) is 9.59. The normalized spacial score (nSPS) is 22.3. The summed E-state index contributed by atoms with van der Waals surface area (Å²) in [7, 11) is 0. The lowest BCUT2D eigenvalue weighted by molar-refractivity contribution is 0.0736. The Labute approximate surface area is 122 Å². The van der Waals surface area contributed by atoms with Crippen LogP contribution in [0.1, 0.15) is 43.9 Å². The van der Waals surface area contributed by atoms with Crippen molar-refractivity contribution in [3.63, 3.8) is 0 Å². The lowest BCUT2D eigenvalue weighted by Gasteiger charge is -2.23. The van der Waals surface area contributed by atoms with Crippen LogP contribution in [0.2, 0.25) is 0 Å². The van der Waals surface area contributed by atoms with Crippen molar-refractivity contribution in [3.8, 4) is 0 Å². The molecule has 1 aromatic heterocycles. The molecule has 1 aliphatic heterocycles. The molecular weight excluding hydrogens is 279 g/mol. The van der Waals surface area contributed by atoms with Gasteiger partial charge in [0.25, 0.3) is 0 Å². The maximum absolute atomic E-state index is 13.9.